The van der Waals surface area contributed by atoms with Crippen molar-refractivity contribution in [2.45, 2.75) is 68.9 Å². The second-order valence-electron chi connectivity index (χ2n) is 8.90. The SMILES string of the molecule is O=C(C1CCC(F)(F)CC1)N1CCC2(COCc3cnc(NC4CC4)nc32)C1. The second-order valence-corrected chi connectivity index (χ2v) is 8.90. The van der Waals surface area contributed by atoms with E-state index in [1.165, 1.54) is 0 Å². The summed E-state index contributed by atoms with van der Waals surface area (Å²) in [6, 6.07) is 0.472. The van der Waals surface area contributed by atoms with Crippen LogP contribution in [0.25, 0.3) is 0 Å². The maximum atomic E-state index is 13.4. The number of hydrogen-bond donors (Lipinski definition) is 1. The van der Waals surface area contributed by atoms with Crippen LogP contribution in [0.5, 0.6) is 0 Å². The van der Waals surface area contributed by atoms with Gasteiger partial charge in [0.15, 0.2) is 0 Å². The van der Waals surface area contributed by atoms with Crippen LogP contribution in [0.1, 0.15) is 56.2 Å². The lowest BCUT2D eigenvalue weighted by molar-refractivity contribution is -0.139. The molecule has 1 atom stereocenters. The quantitative estimate of drug-likeness (QED) is 0.857. The number of anilines is 1. The molecule has 8 heteroatoms. The van der Waals surface area contributed by atoms with E-state index in [2.05, 4.69) is 10.3 Å². The fourth-order valence-corrected chi connectivity index (χ4v) is 4.79. The molecule has 1 spiro atoms. The summed E-state index contributed by atoms with van der Waals surface area (Å²) in [4.78, 5) is 24.0. The monoisotopic (exact) mass is 392 g/mol. The maximum Gasteiger partial charge on any atom is 0.248 e. The van der Waals surface area contributed by atoms with Crippen molar-refractivity contribution < 1.29 is 18.3 Å². The number of aromatic nitrogens is 2. The van der Waals surface area contributed by atoms with Gasteiger partial charge in [-0.3, -0.25) is 4.79 Å². The Morgan fingerprint density at radius 1 is 1.21 bits per heavy atom. The van der Waals surface area contributed by atoms with Gasteiger partial charge in [0.2, 0.25) is 17.8 Å². The van der Waals surface area contributed by atoms with E-state index in [4.69, 9.17) is 9.72 Å². The Kier molecular flexibility index (Phi) is 4.30. The Morgan fingerprint density at radius 3 is 2.75 bits per heavy atom. The highest BCUT2D eigenvalue weighted by atomic mass is 19.3. The average Bonchev–Trinajstić information content (AvgIpc) is 3.39. The molecule has 2 aliphatic carbocycles. The minimum Gasteiger partial charge on any atom is -0.376 e. The van der Waals surface area contributed by atoms with Crippen LogP contribution in [0, 0.1) is 5.92 Å². The largest absolute Gasteiger partial charge is 0.376 e. The number of halogens is 2. The van der Waals surface area contributed by atoms with Crippen LogP contribution in [0.3, 0.4) is 0 Å². The highest BCUT2D eigenvalue weighted by Gasteiger charge is 2.48. The molecule has 6 nitrogen and oxygen atoms in total. The van der Waals surface area contributed by atoms with E-state index in [9.17, 15) is 13.6 Å². The zero-order valence-corrected chi connectivity index (χ0v) is 15.9. The van der Waals surface area contributed by atoms with Gasteiger partial charge < -0.3 is 15.0 Å². The Labute approximate surface area is 163 Å². The molecule has 0 radical (unpaired) electrons. The predicted molar refractivity (Wildman–Crippen MR) is 98.1 cm³/mol. The van der Waals surface area contributed by atoms with E-state index in [0.717, 1.165) is 30.5 Å². The molecular weight excluding hydrogens is 366 g/mol. The number of likely N-dealkylation sites (tertiary alicyclic amines) is 1. The van der Waals surface area contributed by atoms with E-state index >= 15 is 0 Å². The molecular formula is C20H26F2N4O2. The number of amides is 1. The summed E-state index contributed by atoms with van der Waals surface area (Å²) in [6.07, 6.45) is 5.11. The topological polar surface area (TPSA) is 67.4 Å². The van der Waals surface area contributed by atoms with Crippen LogP contribution in [-0.2, 0) is 21.6 Å². The van der Waals surface area contributed by atoms with Gasteiger partial charge in [-0.2, -0.15) is 0 Å². The standard InChI is InChI=1S/C20H26F2N4O2/c21-20(22)5-3-13(4-6-20)17(27)26-8-7-19(11-26)12-28-10-14-9-23-18(25-16(14)19)24-15-1-2-15/h9,13,15H,1-8,10-12H2,(H,23,24,25). The van der Waals surface area contributed by atoms with Crippen LogP contribution >= 0.6 is 0 Å². The van der Waals surface area contributed by atoms with Crippen LogP contribution in [0.15, 0.2) is 6.20 Å². The first-order chi connectivity index (χ1) is 13.4. The molecule has 0 aromatic carbocycles. The predicted octanol–water partition coefficient (Wildman–Crippen LogP) is 2.88. The van der Waals surface area contributed by atoms with Gasteiger partial charge in [-0.1, -0.05) is 0 Å². The fourth-order valence-electron chi connectivity index (χ4n) is 4.79. The number of nitrogens with one attached hydrogen (secondary N) is 1. The maximum absolute atomic E-state index is 13.4. The molecule has 5 rings (SSSR count). The van der Waals surface area contributed by atoms with E-state index in [0.29, 0.717) is 38.3 Å². The average molecular weight is 392 g/mol. The van der Waals surface area contributed by atoms with Gasteiger partial charge >= 0.3 is 0 Å². The van der Waals surface area contributed by atoms with E-state index in [1.54, 1.807) is 0 Å². The van der Waals surface area contributed by atoms with Crippen molar-refractivity contribution in [1.29, 1.82) is 0 Å². The molecule has 1 N–H and O–H groups in total. The minimum absolute atomic E-state index is 0.0184. The molecule has 3 heterocycles. The van der Waals surface area contributed by atoms with Crippen LogP contribution in [0.2, 0.25) is 0 Å². The molecule has 1 unspecified atom stereocenters. The lowest BCUT2D eigenvalue weighted by atomic mass is 9.80. The Balaban J connectivity index is 1.33. The molecule has 152 valence electrons. The van der Waals surface area contributed by atoms with E-state index < -0.39 is 5.92 Å². The van der Waals surface area contributed by atoms with E-state index in [1.807, 2.05) is 11.1 Å². The number of hydrogen-bond acceptors (Lipinski definition) is 5. The number of nitrogens with zero attached hydrogens (tertiary/aromatic N) is 3. The summed E-state index contributed by atoms with van der Waals surface area (Å²) in [5.41, 5.74) is 1.66. The van der Waals surface area contributed by atoms with Gasteiger partial charge in [0, 0.05) is 49.7 Å². The Morgan fingerprint density at radius 2 is 2.00 bits per heavy atom. The van der Waals surface area contributed by atoms with Gasteiger partial charge in [0.05, 0.1) is 24.3 Å². The van der Waals surface area contributed by atoms with Crippen molar-refractivity contribution in [3.63, 3.8) is 0 Å². The molecule has 2 aliphatic heterocycles. The van der Waals surface area contributed by atoms with Crippen molar-refractivity contribution in [2.75, 3.05) is 25.0 Å². The summed E-state index contributed by atoms with van der Waals surface area (Å²) >= 11 is 0. The molecule has 1 aromatic rings. The smallest absolute Gasteiger partial charge is 0.248 e. The first kappa shape index (κ1) is 18.2. The third kappa shape index (κ3) is 3.36. The number of ether oxygens (including phenoxy) is 1. The molecule has 1 aromatic heterocycles. The van der Waals surface area contributed by atoms with Crippen LogP contribution in [0.4, 0.5) is 14.7 Å². The minimum atomic E-state index is -2.61. The van der Waals surface area contributed by atoms with Crippen molar-refractivity contribution >= 4 is 11.9 Å². The third-order valence-corrected chi connectivity index (χ3v) is 6.65. The number of carbonyl (C=O) groups excluding carboxylic acids is 1. The number of fused-ring (bicyclic) bond motifs is 2. The lowest BCUT2D eigenvalue weighted by Gasteiger charge is -2.35. The zero-order valence-electron chi connectivity index (χ0n) is 15.9. The van der Waals surface area contributed by atoms with Gasteiger partial charge in [-0.05, 0) is 32.1 Å². The highest BCUT2D eigenvalue weighted by molar-refractivity contribution is 5.79. The molecule has 4 aliphatic rings. The normalized spacial score (nSPS) is 29.7. The molecule has 2 saturated carbocycles. The fraction of sp³-hybridized carbons (Fsp3) is 0.750. The molecule has 0 bridgehead atoms. The summed E-state index contributed by atoms with van der Waals surface area (Å²) in [6.45, 7) is 2.20. The molecule has 28 heavy (non-hydrogen) atoms. The summed E-state index contributed by atoms with van der Waals surface area (Å²) in [5, 5.41) is 3.35. The van der Waals surface area contributed by atoms with Crippen LogP contribution < -0.4 is 5.32 Å². The second kappa shape index (κ2) is 6.61. The first-order valence-corrected chi connectivity index (χ1v) is 10.3. The van der Waals surface area contributed by atoms with Gasteiger partial charge in [-0.15, -0.1) is 0 Å². The van der Waals surface area contributed by atoms with Crippen LogP contribution in [-0.4, -0.2) is 52.4 Å². The third-order valence-electron chi connectivity index (χ3n) is 6.65. The van der Waals surface area contributed by atoms with Crippen molar-refractivity contribution in [3.8, 4) is 0 Å². The summed E-state index contributed by atoms with van der Waals surface area (Å²) < 4.78 is 32.7. The number of alkyl halides is 2. The first-order valence-electron chi connectivity index (χ1n) is 10.3. The Bertz CT molecular complexity index is 775. The lowest BCUT2D eigenvalue weighted by Crippen LogP contribution is -2.43. The van der Waals surface area contributed by atoms with Gasteiger partial charge in [0.25, 0.3) is 0 Å². The molecule has 1 amide bonds. The number of carbonyl (C=O) groups is 1. The number of rotatable bonds is 3. The van der Waals surface area contributed by atoms with Crippen molar-refractivity contribution in [3.05, 3.63) is 17.5 Å². The van der Waals surface area contributed by atoms with Gasteiger partial charge in [0.1, 0.15) is 0 Å². The van der Waals surface area contributed by atoms with Crippen molar-refractivity contribution in [2.24, 2.45) is 5.92 Å². The molecule has 3 fully saturated rings. The highest BCUT2D eigenvalue weighted by Crippen LogP contribution is 2.42. The zero-order chi connectivity index (χ0) is 19.4. The Hall–Kier alpha value is -1.83. The van der Waals surface area contributed by atoms with Crippen molar-refractivity contribution in [1.82, 2.24) is 14.9 Å². The summed E-state index contributed by atoms with van der Waals surface area (Å²) in [5.74, 6) is -2.22. The van der Waals surface area contributed by atoms with E-state index in [-0.39, 0.29) is 42.9 Å². The summed E-state index contributed by atoms with van der Waals surface area (Å²) in [7, 11) is 0. The molecule has 1 saturated heterocycles. The van der Waals surface area contributed by atoms with Gasteiger partial charge in [-0.25, -0.2) is 18.7 Å².